The SMILES string of the molecule is CCCCOC(=O)c1cccc(NC(=O)c2ccc(NC3=C(Cl)C(=O)N(c4cc(C)cc(C)c4)C3=O)cc2)c1. The predicted molar refractivity (Wildman–Crippen MR) is 151 cm³/mol. The molecule has 2 N–H and O–H groups in total. The molecule has 0 fully saturated rings. The van der Waals surface area contributed by atoms with Crippen molar-refractivity contribution in [1.29, 1.82) is 0 Å². The van der Waals surface area contributed by atoms with E-state index in [1.165, 1.54) is 0 Å². The molecule has 0 saturated carbocycles. The third-order valence-electron chi connectivity index (χ3n) is 6.00. The van der Waals surface area contributed by atoms with Gasteiger partial charge in [0.2, 0.25) is 0 Å². The van der Waals surface area contributed by atoms with Gasteiger partial charge in [0, 0.05) is 16.9 Å². The second-order valence-corrected chi connectivity index (χ2v) is 9.59. The third-order valence-corrected chi connectivity index (χ3v) is 6.35. The highest BCUT2D eigenvalue weighted by molar-refractivity contribution is 6.53. The van der Waals surface area contributed by atoms with Crippen LogP contribution in [0.15, 0.2) is 77.5 Å². The Morgan fingerprint density at radius 2 is 1.56 bits per heavy atom. The van der Waals surface area contributed by atoms with Crippen molar-refractivity contribution in [3.05, 3.63) is 99.7 Å². The van der Waals surface area contributed by atoms with Crippen molar-refractivity contribution in [3.63, 3.8) is 0 Å². The molecular weight excluding hydrogens is 518 g/mol. The fraction of sp³-hybridized carbons (Fsp3) is 0.200. The summed E-state index contributed by atoms with van der Waals surface area (Å²) in [4.78, 5) is 51.9. The summed E-state index contributed by atoms with van der Waals surface area (Å²) in [5.74, 6) is -2.01. The number of unbranched alkanes of at least 4 members (excludes halogenated alkanes) is 1. The quantitative estimate of drug-likeness (QED) is 0.196. The van der Waals surface area contributed by atoms with Crippen molar-refractivity contribution in [1.82, 2.24) is 0 Å². The van der Waals surface area contributed by atoms with Crippen LogP contribution in [0, 0.1) is 13.8 Å². The molecule has 0 saturated heterocycles. The molecule has 0 spiro atoms. The van der Waals surface area contributed by atoms with Crippen molar-refractivity contribution in [2.75, 3.05) is 22.1 Å². The van der Waals surface area contributed by atoms with Crippen LogP contribution in [0.2, 0.25) is 0 Å². The maximum Gasteiger partial charge on any atom is 0.338 e. The second-order valence-electron chi connectivity index (χ2n) is 9.21. The van der Waals surface area contributed by atoms with E-state index >= 15 is 0 Å². The van der Waals surface area contributed by atoms with Crippen LogP contribution in [0.25, 0.3) is 0 Å². The Morgan fingerprint density at radius 1 is 0.872 bits per heavy atom. The van der Waals surface area contributed by atoms with Crippen LogP contribution in [0.3, 0.4) is 0 Å². The summed E-state index contributed by atoms with van der Waals surface area (Å²) in [5.41, 5.74) is 3.85. The lowest BCUT2D eigenvalue weighted by Crippen LogP contribution is -2.32. The van der Waals surface area contributed by atoms with E-state index in [0.717, 1.165) is 28.9 Å². The minimum absolute atomic E-state index is 0.0411. The molecule has 1 aliphatic rings. The van der Waals surface area contributed by atoms with E-state index in [1.807, 2.05) is 26.8 Å². The van der Waals surface area contributed by atoms with Crippen molar-refractivity contribution >= 4 is 52.4 Å². The Balaban J connectivity index is 1.42. The molecule has 8 nitrogen and oxygen atoms in total. The van der Waals surface area contributed by atoms with Gasteiger partial charge in [0.25, 0.3) is 17.7 Å². The molecule has 39 heavy (non-hydrogen) atoms. The molecule has 3 amide bonds. The highest BCUT2D eigenvalue weighted by Gasteiger charge is 2.39. The van der Waals surface area contributed by atoms with Crippen LogP contribution in [-0.2, 0) is 14.3 Å². The van der Waals surface area contributed by atoms with E-state index in [4.69, 9.17) is 16.3 Å². The molecule has 4 rings (SSSR count). The minimum atomic E-state index is -0.610. The zero-order valence-electron chi connectivity index (χ0n) is 21.8. The number of hydrogen-bond acceptors (Lipinski definition) is 6. The number of amides is 3. The minimum Gasteiger partial charge on any atom is -0.462 e. The number of hydrogen-bond donors (Lipinski definition) is 2. The van der Waals surface area contributed by atoms with Gasteiger partial charge in [0.1, 0.15) is 10.7 Å². The normalized spacial score (nSPS) is 13.1. The summed E-state index contributed by atoms with van der Waals surface area (Å²) in [7, 11) is 0. The third kappa shape index (κ3) is 6.35. The first kappa shape index (κ1) is 27.6. The molecule has 3 aromatic rings. The monoisotopic (exact) mass is 545 g/mol. The summed E-state index contributed by atoms with van der Waals surface area (Å²) in [6, 6.07) is 18.3. The molecule has 9 heteroatoms. The van der Waals surface area contributed by atoms with E-state index in [2.05, 4.69) is 10.6 Å². The molecular formula is C30H28ClN3O5. The topological polar surface area (TPSA) is 105 Å². The van der Waals surface area contributed by atoms with Gasteiger partial charge in [-0.2, -0.15) is 0 Å². The number of benzene rings is 3. The lowest BCUT2D eigenvalue weighted by atomic mass is 10.1. The number of halogens is 1. The Labute approximate surface area is 231 Å². The highest BCUT2D eigenvalue weighted by Crippen LogP contribution is 2.31. The van der Waals surface area contributed by atoms with Gasteiger partial charge in [0.15, 0.2) is 0 Å². The number of carbonyl (C=O) groups excluding carboxylic acids is 4. The summed E-state index contributed by atoms with van der Waals surface area (Å²) in [5, 5.41) is 5.46. The van der Waals surface area contributed by atoms with Crippen molar-refractivity contribution in [2.45, 2.75) is 33.6 Å². The predicted octanol–water partition coefficient (Wildman–Crippen LogP) is 5.95. The lowest BCUT2D eigenvalue weighted by Gasteiger charge is -2.16. The standard InChI is InChI=1S/C30H28ClN3O5/c1-4-5-13-39-30(38)21-7-6-8-23(17-21)33-27(35)20-9-11-22(12-10-20)32-26-25(31)28(36)34(29(26)37)24-15-18(2)14-19(3)16-24/h6-12,14-17,32H,4-5,13H2,1-3H3,(H,33,35). The summed E-state index contributed by atoms with van der Waals surface area (Å²) in [6.45, 7) is 6.12. The van der Waals surface area contributed by atoms with Gasteiger partial charge >= 0.3 is 5.97 Å². The van der Waals surface area contributed by atoms with Gasteiger partial charge in [-0.1, -0.05) is 37.1 Å². The molecule has 1 heterocycles. The molecule has 0 unspecified atom stereocenters. The lowest BCUT2D eigenvalue weighted by molar-refractivity contribution is -0.120. The van der Waals surface area contributed by atoms with Gasteiger partial charge in [-0.05, 0) is 86.0 Å². The molecule has 3 aromatic carbocycles. The first-order valence-electron chi connectivity index (χ1n) is 12.5. The zero-order valence-corrected chi connectivity index (χ0v) is 22.6. The van der Waals surface area contributed by atoms with Crippen LogP contribution < -0.4 is 15.5 Å². The van der Waals surface area contributed by atoms with Gasteiger partial charge in [-0.25, -0.2) is 9.69 Å². The summed E-state index contributed by atoms with van der Waals surface area (Å²) in [6.07, 6.45) is 1.70. The molecule has 0 bridgehead atoms. The summed E-state index contributed by atoms with van der Waals surface area (Å²) < 4.78 is 5.22. The van der Waals surface area contributed by atoms with Crippen molar-refractivity contribution < 1.29 is 23.9 Å². The maximum absolute atomic E-state index is 13.1. The molecule has 0 radical (unpaired) electrons. The van der Waals surface area contributed by atoms with E-state index in [0.29, 0.717) is 34.8 Å². The van der Waals surface area contributed by atoms with E-state index in [-0.39, 0.29) is 16.6 Å². The van der Waals surface area contributed by atoms with Crippen LogP contribution in [-0.4, -0.2) is 30.3 Å². The summed E-state index contributed by atoms with van der Waals surface area (Å²) >= 11 is 6.25. The first-order valence-corrected chi connectivity index (χ1v) is 12.9. The zero-order chi connectivity index (χ0) is 28.1. The number of ether oxygens (including phenoxy) is 1. The highest BCUT2D eigenvalue weighted by atomic mass is 35.5. The van der Waals surface area contributed by atoms with Crippen molar-refractivity contribution in [3.8, 4) is 0 Å². The molecule has 0 aliphatic carbocycles. The fourth-order valence-corrected chi connectivity index (χ4v) is 4.31. The van der Waals surface area contributed by atoms with E-state index in [1.54, 1.807) is 60.7 Å². The van der Waals surface area contributed by atoms with Crippen molar-refractivity contribution in [2.24, 2.45) is 0 Å². The van der Waals surface area contributed by atoms with Crippen LogP contribution >= 0.6 is 11.6 Å². The number of aryl methyl sites for hydroxylation is 2. The van der Waals surface area contributed by atoms with Crippen LogP contribution in [0.4, 0.5) is 17.1 Å². The average Bonchev–Trinajstić information content (AvgIpc) is 3.11. The number of imide groups is 1. The van der Waals surface area contributed by atoms with Gasteiger partial charge in [-0.3, -0.25) is 14.4 Å². The number of nitrogens with one attached hydrogen (secondary N) is 2. The molecule has 0 atom stereocenters. The second kappa shape index (κ2) is 12.0. The number of rotatable bonds is 9. The first-order chi connectivity index (χ1) is 18.7. The van der Waals surface area contributed by atoms with E-state index in [9.17, 15) is 19.2 Å². The number of esters is 1. The Hall–Kier alpha value is -4.43. The number of nitrogens with zero attached hydrogens (tertiary/aromatic N) is 1. The maximum atomic E-state index is 13.1. The van der Waals surface area contributed by atoms with E-state index < -0.39 is 17.8 Å². The molecule has 200 valence electrons. The number of carbonyl (C=O) groups is 4. The Morgan fingerprint density at radius 3 is 2.23 bits per heavy atom. The Kier molecular flexibility index (Phi) is 8.46. The van der Waals surface area contributed by atoms with Gasteiger partial charge in [0.05, 0.1) is 17.9 Å². The Bertz CT molecular complexity index is 1460. The van der Waals surface area contributed by atoms with Gasteiger partial charge < -0.3 is 15.4 Å². The van der Waals surface area contributed by atoms with Crippen LogP contribution in [0.5, 0.6) is 0 Å². The number of anilines is 3. The average molecular weight is 546 g/mol. The fourth-order valence-electron chi connectivity index (χ4n) is 4.09. The smallest absolute Gasteiger partial charge is 0.338 e. The van der Waals surface area contributed by atoms with Gasteiger partial charge in [-0.15, -0.1) is 0 Å². The molecule has 1 aliphatic heterocycles. The largest absolute Gasteiger partial charge is 0.462 e. The molecule has 0 aromatic heterocycles. The van der Waals surface area contributed by atoms with Crippen LogP contribution in [0.1, 0.15) is 51.6 Å².